The molecule has 1 aliphatic heterocycles. The molecule has 2 atom stereocenters. The van der Waals surface area contributed by atoms with Crippen molar-refractivity contribution in [3.05, 3.63) is 29.8 Å². The van der Waals surface area contributed by atoms with Gasteiger partial charge in [0.05, 0.1) is 17.7 Å². The van der Waals surface area contributed by atoms with Crippen LogP contribution in [-0.2, 0) is 0 Å². The lowest BCUT2D eigenvalue weighted by atomic mass is 10.1. The molecule has 1 fully saturated rings. The summed E-state index contributed by atoms with van der Waals surface area (Å²) in [5, 5.41) is 8.88. The molecule has 1 heterocycles. The molecule has 1 aliphatic rings. The summed E-state index contributed by atoms with van der Waals surface area (Å²) in [6.45, 7) is 4.99. The number of nitrogens with zero attached hydrogens (tertiary/aromatic N) is 3. The topological polar surface area (TPSA) is 56.3 Å². The maximum Gasteiger partial charge on any atom is 0.0991 e. The minimum Gasteiger partial charge on any atom is -0.363 e. The first-order valence-corrected chi connectivity index (χ1v) is 6.82. The molecule has 1 aromatic rings. The van der Waals surface area contributed by atoms with Gasteiger partial charge in [0, 0.05) is 24.8 Å². The number of anilines is 1. The van der Waals surface area contributed by atoms with Crippen molar-refractivity contribution in [2.75, 3.05) is 31.6 Å². The highest BCUT2D eigenvalue weighted by atomic mass is 15.3. The lowest BCUT2D eigenvalue weighted by Crippen LogP contribution is -2.48. The number of nitrogens with two attached hydrogens (primary N) is 1. The van der Waals surface area contributed by atoms with E-state index < -0.39 is 0 Å². The third kappa shape index (κ3) is 3.06. The standard InChI is InChI=1S/C15H22N4/c1-12-7-8-18(2)11-15(10-17)19(12)14-5-3-13(9-16)4-6-14/h3-6,12,15H,7-8,10-11,17H2,1-2H3. The Bertz CT molecular complexity index is 448. The fourth-order valence-electron chi connectivity index (χ4n) is 2.81. The van der Waals surface area contributed by atoms with E-state index in [4.69, 9.17) is 11.0 Å². The van der Waals surface area contributed by atoms with Crippen LogP contribution >= 0.6 is 0 Å². The van der Waals surface area contributed by atoms with Crippen LogP contribution in [0.15, 0.2) is 24.3 Å². The van der Waals surface area contributed by atoms with Gasteiger partial charge in [0.15, 0.2) is 0 Å². The van der Waals surface area contributed by atoms with Gasteiger partial charge in [0.25, 0.3) is 0 Å². The molecule has 2 N–H and O–H groups in total. The second-order valence-electron chi connectivity index (χ2n) is 5.36. The van der Waals surface area contributed by atoms with Crippen LogP contribution in [0.2, 0.25) is 0 Å². The molecule has 0 amide bonds. The van der Waals surface area contributed by atoms with E-state index in [1.807, 2.05) is 24.3 Å². The van der Waals surface area contributed by atoms with Crippen LogP contribution in [-0.4, -0.2) is 43.7 Å². The maximum atomic E-state index is 8.88. The highest BCUT2D eigenvalue weighted by Crippen LogP contribution is 2.24. The molecule has 0 bridgehead atoms. The van der Waals surface area contributed by atoms with Gasteiger partial charge in [-0.3, -0.25) is 0 Å². The van der Waals surface area contributed by atoms with E-state index in [1.165, 1.54) is 0 Å². The molecular formula is C15H22N4. The van der Waals surface area contributed by atoms with E-state index in [1.54, 1.807) is 0 Å². The van der Waals surface area contributed by atoms with Crippen molar-refractivity contribution in [2.24, 2.45) is 5.73 Å². The van der Waals surface area contributed by atoms with Gasteiger partial charge < -0.3 is 15.5 Å². The predicted octanol–water partition coefficient (Wildman–Crippen LogP) is 1.42. The SMILES string of the molecule is CC1CCN(C)CC(CN)N1c1ccc(C#N)cc1. The molecular weight excluding hydrogens is 236 g/mol. The van der Waals surface area contributed by atoms with Crippen molar-refractivity contribution in [3.8, 4) is 6.07 Å². The average molecular weight is 258 g/mol. The summed E-state index contributed by atoms with van der Waals surface area (Å²) in [6, 6.07) is 10.8. The Morgan fingerprint density at radius 3 is 2.63 bits per heavy atom. The van der Waals surface area contributed by atoms with Gasteiger partial charge in [0.1, 0.15) is 0 Å². The zero-order valence-corrected chi connectivity index (χ0v) is 11.7. The number of benzene rings is 1. The second kappa shape index (κ2) is 6.05. The van der Waals surface area contributed by atoms with Crippen LogP contribution < -0.4 is 10.6 Å². The van der Waals surface area contributed by atoms with Gasteiger partial charge in [-0.25, -0.2) is 0 Å². The molecule has 0 aromatic heterocycles. The minimum absolute atomic E-state index is 0.329. The lowest BCUT2D eigenvalue weighted by Gasteiger charge is -2.36. The molecule has 0 aliphatic carbocycles. The first kappa shape index (κ1) is 13.9. The third-order valence-electron chi connectivity index (χ3n) is 3.89. The Morgan fingerprint density at radius 1 is 1.37 bits per heavy atom. The first-order chi connectivity index (χ1) is 9.15. The van der Waals surface area contributed by atoms with Crippen LogP contribution in [0.4, 0.5) is 5.69 Å². The predicted molar refractivity (Wildman–Crippen MR) is 78.1 cm³/mol. The largest absolute Gasteiger partial charge is 0.363 e. The van der Waals surface area contributed by atoms with E-state index in [0.717, 1.165) is 25.2 Å². The Balaban J connectivity index is 2.29. The van der Waals surface area contributed by atoms with Gasteiger partial charge >= 0.3 is 0 Å². The van der Waals surface area contributed by atoms with Crippen molar-refractivity contribution in [3.63, 3.8) is 0 Å². The summed E-state index contributed by atoms with van der Waals surface area (Å²) < 4.78 is 0. The molecule has 1 saturated heterocycles. The van der Waals surface area contributed by atoms with Crippen molar-refractivity contribution < 1.29 is 0 Å². The molecule has 0 radical (unpaired) electrons. The third-order valence-corrected chi connectivity index (χ3v) is 3.89. The Morgan fingerprint density at radius 2 is 2.05 bits per heavy atom. The highest BCUT2D eigenvalue weighted by molar-refractivity contribution is 5.51. The van der Waals surface area contributed by atoms with Crippen molar-refractivity contribution in [1.82, 2.24) is 4.90 Å². The lowest BCUT2D eigenvalue weighted by molar-refractivity contribution is 0.332. The first-order valence-electron chi connectivity index (χ1n) is 6.82. The number of nitriles is 1. The fraction of sp³-hybridized carbons (Fsp3) is 0.533. The van der Waals surface area contributed by atoms with Gasteiger partial charge in [0.2, 0.25) is 0 Å². The molecule has 2 rings (SSSR count). The van der Waals surface area contributed by atoms with Crippen LogP contribution in [0, 0.1) is 11.3 Å². The van der Waals surface area contributed by atoms with Gasteiger partial charge in [-0.05, 0) is 51.2 Å². The summed E-state index contributed by atoms with van der Waals surface area (Å²) in [7, 11) is 2.15. The minimum atomic E-state index is 0.329. The van der Waals surface area contributed by atoms with E-state index in [9.17, 15) is 0 Å². The molecule has 102 valence electrons. The van der Waals surface area contributed by atoms with E-state index in [2.05, 4.69) is 29.8 Å². The van der Waals surface area contributed by atoms with Gasteiger partial charge in [-0.2, -0.15) is 5.26 Å². The van der Waals surface area contributed by atoms with Crippen LogP contribution in [0.1, 0.15) is 18.9 Å². The fourth-order valence-corrected chi connectivity index (χ4v) is 2.81. The van der Waals surface area contributed by atoms with Crippen LogP contribution in [0.3, 0.4) is 0 Å². The van der Waals surface area contributed by atoms with Crippen molar-refractivity contribution >= 4 is 5.69 Å². The van der Waals surface area contributed by atoms with E-state index >= 15 is 0 Å². The van der Waals surface area contributed by atoms with E-state index in [-0.39, 0.29) is 0 Å². The smallest absolute Gasteiger partial charge is 0.0991 e. The summed E-state index contributed by atoms with van der Waals surface area (Å²) in [4.78, 5) is 4.75. The van der Waals surface area contributed by atoms with E-state index in [0.29, 0.717) is 24.2 Å². The zero-order chi connectivity index (χ0) is 13.8. The molecule has 4 nitrogen and oxygen atoms in total. The average Bonchev–Trinajstić information content (AvgIpc) is 2.58. The van der Waals surface area contributed by atoms with Gasteiger partial charge in [-0.15, -0.1) is 0 Å². The monoisotopic (exact) mass is 258 g/mol. The quantitative estimate of drug-likeness (QED) is 0.871. The summed E-state index contributed by atoms with van der Waals surface area (Å²) in [6.07, 6.45) is 1.13. The number of hydrogen-bond donors (Lipinski definition) is 1. The van der Waals surface area contributed by atoms with Crippen molar-refractivity contribution in [1.29, 1.82) is 5.26 Å². The van der Waals surface area contributed by atoms with Crippen LogP contribution in [0.5, 0.6) is 0 Å². The van der Waals surface area contributed by atoms with Gasteiger partial charge in [-0.1, -0.05) is 0 Å². The number of likely N-dealkylation sites (N-methyl/N-ethyl adjacent to an activating group) is 1. The molecule has 0 saturated carbocycles. The highest BCUT2D eigenvalue weighted by Gasteiger charge is 2.27. The summed E-state index contributed by atoms with van der Waals surface area (Å²) in [5.41, 5.74) is 7.83. The molecule has 4 heteroatoms. The number of hydrogen-bond acceptors (Lipinski definition) is 4. The zero-order valence-electron chi connectivity index (χ0n) is 11.7. The Hall–Kier alpha value is -1.57. The van der Waals surface area contributed by atoms with Crippen LogP contribution in [0.25, 0.3) is 0 Å². The van der Waals surface area contributed by atoms with Crippen molar-refractivity contribution in [2.45, 2.75) is 25.4 Å². The summed E-state index contributed by atoms with van der Waals surface area (Å²) in [5.74, 6) is 0. The Kier molecular flexibility index (Phi) is 4.41. The molecule has 0 spiro atoms. The normalized spacial score (nSPS) is 24.8. The molecule has 19 heavy (non-hydrogen) atoms. The summed E-state index contributed by atoms with van der Waals surface area (Å²) >= 11 is 0. The molecule has 1 aromatic carbocycles. The Labute approximate surface area is 115 Å². The maximum absolute atomic E-state index is 8.88. The second-order valence-corrected chi connectivity index (χ2v) is 5.36. The molecule has 2 unspecified atom stereocenters. The number of rotatable bonds is 2.